The van der Waals surface area contributed by atoms with Gasteiger partial charge in [0.25, 0.3) is 0 Å². The summed E-state index contributed by atoms with van der Waals surface area (Å²) in [5, 5.41) is 0. The van der Waals surface area contributed by atoms with Crippen LogP contribution in [-0.2, 0) is 13.7 Å². The standard InChI is InChI=1S/C7H14O6S/c1-2-3-11-7(8)13-6-4-12-14(9,10)5-6/h6,9-10H,2-5H2,1H3. The number of ether oxygens (including phenoxy) is 2. The molecule has 0 aromatic heterocycles. The smallest absolute Gasteiger partial charge is 0.434 e. The Balaban J connectivity index is 2.22. The van der Waals surface area contributed by atoms with Gasteiger partial charge in [-0.05, 0) is 6.42 Å². The van der Waals surface area contributed by atoms with Gasteiger partial charge < -0.3 is 18.6 Å². The fraction of sp³-hybridized carbons (Fsp3) is 0.857. The van der Waals surface area contributed by atoms with E-state index in [0.717, 1.165) is 0 Å². The van der Waals surface area contributed by atoms with E-state index in [4.69, 9.17) is 13.8 Å². The van der Waals surface area contributed by atoms with Crippen LogP contribution in [-0.4, -0.2) is 40.3 Å². The SMILES string of the molecule is CCCOC(=O)OC1COS(O)(O)C1. The summed E-state index contributed by atoms with van der Waals surface area (Å²) in [5.74, 6) is -0.0752. The summed E-state index contributed by atoms with van der Waals surface area (Å²) < 4.78 is 32.1. The van der Waals surface area contributed by atoms with Gasteiger partial charge in [0.1, 0.15) is 12.7 Å². The Hall–Kier alpha value is -0.500. The van der Waals surface area contributed by atoms with Crippen molar-refractivity contribution in [2.75, 3.05) is 19.0 Å². The van der Waals surface area contributed by atoms with Crippen molar-refractivity contribution in [1.29, 1.82) is 0 Å². The van der Waals surface area contributed by atoms with Gasteiger partial charge in [0, 0.05) is 0 Å². The molecule has 0 aliphatic carbocycles. The third-order valence-corrected chi connectivity index (χ3v) is 2.85. The largest absolute Gasteiger partial charge is 0.508 e. The molecule has 0 amide bonds. The minimum absolute atomic E-state index is 0.00353. The normalized spacial score (nSPS) is 26.9. The molecule has 2 N–H and O–H groups in total. The Morgan fingerprint density at radius 1 is 1.64 bits per heavy atom. The summed E-state index contributed by atoms with van der Waals surface area (Å²) in [6, 6.07) is 0. The van der Waals surface area contributed by atoms with Crippen molar-refractivity contribution in [2.45, 2.75) is 19.4 Å². The lowest BCUT2D eigenvalue weighted by molar-refractivity contribution is 0.0237. The lowest BCUT2D eigenvalue weighted by Gasteiger charge is -2.17. The van der Waals surface area contributed by atoms with Gasteiger partial charge in [-0.1, -0.05) is 6.92 Å². The van der Waals surface area contributed by atoms with Crippen LogP contribution in [0.2, 0.25) is 0 Å². The van der Waals surface area contributed by atoms with Crippen LogP contribution in [0.1, 0.15) is 13.3 Å². The van der Waals surface area contributed by atoms with Gasteiger partial charge in [-0.2, -0.15) is 0 Å². The summed E-state index contributed by atoms with van der Waals surface area (Å²) in [7, 11) is -2.99. The van der Waals surface area contributed by atoms with Crippen LogP contribution in [0.15, 0.2) is 0 Å². The molecular weight excluding hydrogens is 212 g/mol. The first-order valence-corrected chi connectivity index (χ1v) is 5.91. The molecule has 14 heavy (non-hydrogen) atoms. The first-order valence-electron chi connectivity index (χ1n) is 4.27. The van der Waals surface area contributed by atoms with E-state index in [1.54, 1.807) is 0 Å². The fourth-order valence-electron chi connectivity index (χ4n) is 0.947. The van der Waals surface area contributed by atoms with Crippen molar-refractivity contribution < 1.29 is 27.6 Å². The van der Waals surface area contributed by atoms with E-state index in [-0.39, 0.29) is 12.4 Å². The van der Waals surface area contributed by atoms with Gasteiger partial charge in [0.2, 0.25) is 0 Å². The van der Waals surface area contributed by atoms with Gasteiger partial charge in [-0.3, -0.25) is 4.18 Å². The van der Waals surface area contributed by atoms with Crippen molar-refractivity contribution in [3.8, 4) is 0 Å². The molecule has 0 aromatic carbocycles. The third kappa shape index (κ3) is 3.70. The molecule has 1 atom stereocenters. The van der Waals surface area contributed by atoms with E-state index >= 15 is 0 Å². The maximum absolute atomic E-state index is 10.9. The van der Waals surface area contributed by atoms with Crippen molar-refractivity contribution in [1.82, 2.24) is 0 Å². The third-order valence-electron chi connectivity index (χ3n) is 1.53. The molecule has 1 aliphatic rings. The van der Waals surface area contributed by atoms with Crippen molar-refractivity contribution in [3.63, 3.8) is 0 Å². The van der Waals surface area contributed by atoms with E-state index in [9.17, 15) is 4.79 Å². The average molecular weight is 226 g/mol. The zero-order chi connectivity index (χ0) is 10.6. The zero-order valence-corrected chi connectivity index (χ0v) is 8.66. The maximum Gasteiger partial charge on any atom is 0.508 e. The lowest BCUT2D eigenvalue weighted by Crippen LogP contribution is -2.22. The molecule has 7 heteroatoms. The highest BCUT2D eigenvalue weighted by Crippen LogP contribution is 2.45. The Kier molecular flexibility index (Phi) is 3.99. The van der Waals surface area contributed by atoms with Gasteiger partial charge in [-0.25, -0.2) is 4.79 Å². The highest BCUT2D eigenvalue weighted by Gasteiger charge is 2.35. The first-order chi connectivity index (χ1) is 6.53. The molecule has 1 heterocycles. The van der Waals surface area contributed by atoms with Crippen molar-refractivity contribution in [2.24, 2.45) is 0 Å². The summed E-state index contributed by atoms with van der Waals surface area (Å²) >= 11 is 0. The summed E-state index contributed by atoms with van der Waals surface area (Å²) in [6.45, 7) is 2.16. The number of rotatable bonds is 3. The lowest BCUT2D eigenvalue weighted by atomic mass is 10.4. The molecule has 1 saturated heterocycles. The van der Waals surface area contributed by atoms with E-state index < -0.39 is 23.1 Å². The first kappa shape index (κ1) is 11.6. The molecule has 0 radical (unpaired) electrons. The van der Waals surface area contributed by atoms with Crippen LogP contribution in [0.3, 0.4) is 0 Å². The highest BCUT2D eigenvalue weighted by atomic mass is 32.3. The molecule has 0 bridgehead atoms. The van der Waals surface area contributed by atoms with Crippen LogP contribution in [0.25, 0.3) is 0 Å². The minimum atomic E-state index is -2.99. The predicted octanol–water partition coefficient (Wildman–Crippen LogP) is 1.61. The van der Waals surface area contributed by atoms with Gasteiger partial charge in [0.15, 0.2) is 0 Å². The second-order valence-electron chi connectivity index (χ2n) is 2.90. The minimum Gasteiger partial charge on any atom is -0.434 e. The summed E-state index contributed by atoms with van der Waals surface area (Å²) in [4.78, 5) is 10.9. The Labute approximate surface area is 83.7 Å². The van der Waals surface area contributed by atoms with Crippen molar-refractivity contribution >= 4 is 17.0 Å². The summed E-state index contributed by atoms with van der Waals surface area (Å²) in [5.41, 5.74) is 0. The Morgan fingerprint density at radius 3 is 2.86 bits per heavy atom. The number of carbonyl (C=O) groups excluding carboxylic acids is 1. The molecular formula is C7H14O6S. The van der Waals surface area contributed by atoms with Crippen LogP contribution < -0.4 is 0 Å². The van der Waals surface area contributed by atoms with Gasteiger partial charge in [0.05, 0.1) is 23.2 Å². The van der Waals surface area contributed by atoms with E-state index in [0.29, 0.717) is 13.0 Å². The van der Waals surface area contributed by atoms with Crippen LogP contribution in [0.5, 0.6) is 0 Å². The van der Waals surface area contributed by atoms with E-state index in [2.05, 4.69) is 8.92 Å². The number of hydrogen-bond acceptors (Lipinski definition) is 6. The molecule has 6 nitrogen and oxygen atoms in total. The Bertz CT molecular complexity index is 206. The fourth-order valence-corrected chi connectivity index (χ4v) is 2.06. The predicted molar refractivity (Wildman–Crippen MR) is 50.2 cm³/mol. The monoisotopic (exact) mass is 226 g/mol. The summed E-state index contributed by atoms with van der Waals surface area (Å²) in [6.07, 6.45) is -0.701. The van der Waals surface area contributed by atoms with E-state index in [1.165, 1.54) is 0 Å². The Morgan fingerprint density at radius 2 is 2.36 bits per heavy atom. The molecule has 0 spiro atoms. The molecule has 1 unspecified atom stereocenters. The maximum atomic E-state index is 10.9. The molecule has 0 aromatic rings. The average Bonchev–Trinajstić information content (AvgIpc) is 2.42. The topological polar surface area (TPSA) is 85.2 Å². The van der Waals surface area contributed by atoms with Crippen LogP contribution in [0, 0.1) is 0 Å². The molecule has 1 aliphatic heterocycles. The molecule has 84 valence electrons. The molecule has 1 fully saturated rings. The molecule has 0 saturated carbocycles. The second kappa shape index (κ2) is 4.83. The second-order valence-corrected chi connectivity index (χ2v) is 4.68. The highest BCUT2D eigenvalue weighted by molar-refractivity contribution is 8.20. The number of hydrogen-bond donors (Lipinski definition) is 2. The quantitative estimate of drug-likeness (QED) is 0.711. The van der Waals surface area contributed by atoms with Crippen LogP contribution in [0.4, 0.5) is 4.79 Å². The molecule has 1 rings (SSSR count). The van der Waals surface area contributed by atoms with Crippen molar-refractivity contribution in [3.05, 3.63) is 0 Å². The zero-order valence-electron chi connectivity index (χ0n) is 7.84. The van der Waals surface area contributed by atoms with Gasteiger partial charge >= 0.3 is 6.16 Å². The van der Waals surface area contributed by atoms with E-state index in [1.807, 2.05) is 6.92 Å². The number of carbonyl (C=O) groups is 1. The van der Waals surface area contributed by atoms with Crippen LogP contribution >= 0.6 is 10.9 Å². The van der Waals surface area contributed by atoms with Gasteiger partial charge in [-0.15, -0.1) is 0 Å².